The second kappa shape index (κ2) is 6.35. The van der Waals surface area contributed by atoms with Crippen molar-refractivity contribution in [2.45, 2.75) is 13.1 Å². The first-order valence-electron chi connectivity index (χ1n) is 8.73. The van der Waals surface area contributed by atoms with Crippen molar-refractivity contribution in [1.29, 1.82) is 0 Å². The van der Waals surface area contributed by atoms with E-state index in [0.717, 1.165) is 33.6 Å². The zero-order valence-corrected chi connectivity index (χ0v) is 16.0. The summed E-state index contributed by atoms with van der Waals surface area (Å²) >= 11 is 3.43. The summed E-state index contributed by atoms with van der Waals surface area (Å²) in [5, 5.41) is 4.44. The number of aromatic nitrogens is 4. The summed E-state index contributed by atoms with van der Waals surface area (Å²) in [5.74, 6) is -0.0401. The van der Waals surface area contributed by atoms with Crippen molar-refractivity contribution in [2.24, 2.45) is 0 Å². The van der Waals surface area contributed by atoms with E-state index in [1.54, 1.807) is 10.7 Å². The minimum Gasteiger partial charge on any atom is -0.340 e. The van der Waals surface area contributed by atoms with Gasteiger partial charge in [0.15, 0.2) is 5.69 Å². The average molecular weight is 422 g/mol. The van der Waals surface area contributed by atoms with Crippen molar-refractivity contribution in [2.75, 3.05) is 6.54 Å². The van der Waals surface area contributed by atoms with Crippen LogP contribution in [0.15, 0.2) is 65.4 Å². The highest BCUT2D eigenvalue weighted by atomic mass is 79.9. The van der Waals surface area contributed by atoms with Gasteiger partial charge in [-0.05, 0) is 58.4 Å². The van der Waals surface area contributed by atoms with E-state index in [1.165, 1.54) is 0 Å². The number of fused-ring (bicyclic) bond motifs is 2. The number of carbonyl (C=O) groups is 1. The van der Waals surface area contributed by atoms with Gasteiger partial charge < -0.3 is 9.47 Å². The van der Waals surface area contributed by atoms with Gasteiger partial charge in [-0.1, -0.05) is 6.07 Å². The third kappa shape index (κ3) is 2.84. The largest absolute Gasteiger partial charge is 0.340 e. The average Bonchev–Trinajstić information content (AvgIpc) is 3.31. The van der Waals surface area contributed by atoms with Gasteiger partial charge in [0.1, 0.15) is 0 Å². The first-order chi connectivity index (χ1) is 13.2. The van der Waals surface area contributed by atoms with Crippen LogP contribution in [0.5, 0.6) is 0 Å². The summed E-state index contributed by atoms with van der Waals surface area (Å²) < 4.78 is 4.89. The quantitative estimate of drug-likeness (QED) is 0.496. The van der Waals surface area contributed by atoms with Crippen LogP contribution in [0.4, 0.5) is 0 Å². The minimum absolute atomic E-state index is 0.0401. The Labute approximate surface area is 164 Å². The third-order valence-corrected chi connectivity index (χ3v) is 5.34. The molecule has 0 saturated carbocycles. The number of carbonyl (C=O) groups excluding carboxylic acids is 1. The Hall–Kier alpha value is -2.93. The molecule has 0 aromatic carbocycles. The highest BCUT2D eigenvalue weighted by Crippen LogP contribution is 2.25. The third-order valence-electron chi connectivity index (χ3n) is 4.87. The first-order valence-corrected chi connectivity index (χ1v) is 9.52. The van der Waals surface area contributed by atoms with E-state index in [2.05, 4.69) is 42.7 Å². The minimum atomic E-state index is -0.0401. The molecular weight excluding hydrogens is 406 g/mol. The van der Waals surface area contributed by atoms with Crippen molar-refractivity contribution in [3.8, 4) is 11.4 Å². The maximum absolute atomic E-state index is 13.0. The lowest BCUT2D eigenvalue weighted by Crippen LogP contribution is -2.38. The number of nitrogens with zero attached hydrogens (tertiary/aromatic N) is 5. The van der Waals surface area contributed by atoms with Crippen LogP contribution in [-0.4, -0.2) is 36.5 Å². The maximum Gasteiger partial charge on any atom is 0.274 e. The molecule has 1 aliphatic rings. The number of amides is 1. The molecule has 5 heterocycles. The standard InChI is InChI=1S/C20H16BrN5O/c21-14-4-5-15-11-18(23-26(15)12-14)20(27)24-9-10-25-16(13-24)6-7-19(25)17-3-1-2-8-22-17/h1-8,11-12H,9-10,13H2. The molecule has 0 N–H and O–H groups in total. The lowest BCUT2D eigenvalue weighted by molar-refractivity contribution is 0.0705. The summed E-state index contributed by atoms with van der Waals surface area (Å²) in [6, 6.07) is 15.8. The van der Waals surface area contributed by atoms with Gasteiger partial charge in [0, 0.05) is 35.6 Å². The molecule has 6 nitrogen and oxygen atoms in total. The van der Waals surface area contributed by atoms with E-state index < -0.39 is 0 Å². The molecular formula is C20H16BrN5O. The summed E-state index contributed by atoms with van der Waals surface area (Å²) in [6.45, 7) is 1.97. The van der Waals surface area contributed by atoms with Gasteiger partial charge >= 0.3 is 0 Å². The summed E-state index contributed by atoms with van der Waals surface area (Å²) in [6.07, 6.45) is 3.66. The number of rotatable bonds is 2. The normalized spacial score (nSPS) is 13.7. The van der Waals surface area contributed by atoms with Gasteiger partial charge in [0.25, 0.3) is 5.91 Å². The highest BCUT2D eigenvalue weighted by molar-refractivity contribution is 9.10. The molecule has 7 heteroatoms. The second-order valence-electron chi connectivity index (χ2n) is 6.55. The molecule has 4 aromatic heterocycles. The predicted molar refractivity (Wildman–Crippen MR) is 105 cm³/mol. The van der Waals surface area contributed by atoms with Gasteiger partial charge in [-0.15, -0.1) is 0 Å². The fraction of sp³-hybridized carbons (Fsp3) is 0.150. The topological polar surface area (TPSA) is 55.4 Å². The van der Waals surface area contributed by atoms with E-state index in [-0.39, 0.29) is 5.91 Å². The Morgan fingerprint density at radius 3 is 2.85 bits per heavy atom. The molecule has 27 heavy (non-hydrogen) atoms. The Kier molecular flexibility index (Phi) is 3.82. The molecule has 0 bridgehead atoms. The molecule has 1 aliphatic heterocycles. The summed E-state index contributed by atoms with van der Waals surface area (Å²) in [7, 11) is 0. The van der Waals surface area contributed by atoms with Crippen LogP contribution < -0.4 is 0 Å². The first kappa shape index (κ1) is 16.3. The molecule has 134 valence electrons. The Bertz CT molecular complexity index is 1150. The van der Waals surface area contributed by atoms with Crippen LogP contribution in [0.2, 0.25) is 0 Å². The number of halogens is 1. The van der Waals surface area contributed by atoms with Gasteiger partial charge in [0.05, 0.1) is 23.4 Å². The molecule has 0 fully saturated rings. The molecule has 0 atom stereocenters. The van der Waals surface area contributed by atoms with Gasteiger partial charge in [0.2, 0.25) is 0 Å². The molecule has 1 amide bonds. The maximum atomic E-state index is 13.0. The van der Waals surface area contributed by atoms with Crippen LogP contribution in [0, 0.1) is 0 Å². The summed E-state index contributed by atoms with van der Waals surface area (Å²) in [5.41, 5.74) is 4.53. The van der Waals surface area contributed by atoms with Crippen molar-refractivity contribution < 1.29 is 4.79 Å². The van der Waals surface area contributed by atoms with Crippen molar-refractivity contribution >= 4 is 27.4 Å². The van der Waals surface area contributed by atoms with Crippen LogP contribution in [-0.2, 0) is 13.1 Å². The van der Waals surface area contributed by atoms with Gasteiger partial charge in [-0.25, -0.2) is 4.52 Å². The van der Waals surface area contributed by atoms with Crippen molar-refractivity contribution in [3.05, 3.63) is 76.8 Å². The van der Waals surface area contributed by atoms with Gasteiger partial charge in [-0.3, -0.25) is 9.78 Å². The van der Waals surface area contributed by atoms with Crippen molar-refractivity contribution in [1.82, 2.24) is 24.1 Å². The zero-order valence-electron chi connectivity index (χ0n) is 14.4. The molecule has 5 rings (SSSR count). The molecule has 0 saturated heterocycles. The lowest BCUT2D eigenvalue weighted by atomic mass is 10.2. The number of hydrogen-bond acceptors (Lipinski definition) is 3. The van der Waals surface area contributed by atoms with Crippen LogP contribution in [0.25, 0.3) is 16.9 Å². The fourth-order valence-electron chi connectivity index (χ4n) is 3.55. The molecule has 4 aromatic rings. The molecule has 0 unspecified atom stereocenters. The SMILES string of the molecule is O=C(c1cc2ccc(Br)cn2n1)N1CCn2c(ccc2-c2ccccn2)C1. The highest BCUT2D eigenvalue weighted by Gasteiger charge is 2.25. The molecule has 0 aliphatic carbocycles. The Balaban J connectivity index is 1.42. The van der Waals surface area contributed by atoms with E-state index in [1.807, 2.05) is 47.5 Å². The van der Waals surface area contributed by atoms with Crippen LogP contribution in [0.1, 0.15) is 16.2 Å². The van der Waals surface area contributed by atoms with E-state index in [4.69, 9.17) is 0 Å². The number of hydrogen-bond donors (Lipinski definition) is 0. The monoisotopic (exact) mass is 421 g/mol. The Morgan fingerprint density at radius 2 is 2.00 bits per heavy atom. The molecule has 0 spiro atoms. The van der Waals surface area contributed by atoms with Gasteiger partial charge in [-0.2, -0.15) is 5.10 Å². The van der Waals surface area contributed by atoms with E-state index in [0.29, 0.717) is 18.8 Å². The zero-order chi connectivity index (χ0) is 18.4. The second-order valence-corrected chi connectivity index (χ2v) is 7.47. The van der Waals surface area contributed by atoms with Crippen LogP contribution in [0.3, 0.4) is 0 Å². The van der Waals surface area contributed by atoms with Crippen molar-refractivity contribution in [3.63, 3.8) is 0 Å². The lowest BCUT2D eigenvalue weighted by Gasteiger charge is -2.29. The van der Waals surface area contributed by atoms with Crippen LogP contribution >= 0.6 is 15.9 Å². The predicted octanol–water partition coefficient (Wildman–Crippen LogP) is 3.62. The number of pyridine rings is 2. The van der Waals surface area contributed by atoms with E-state index in [9.17, 15) is 4.79 Å². The molecule has 0 radical (unpaired) electrons. The summed E-state index contributed by atoms with van der Waals surface area (Å²) in [4.78, 5) is 19.3. The Morgan fingerprint density at radius 1 is 1.07 bits per heavy atom. The van der Waals surface area contributed by atoms with E-state index >= 15 is 0 Å². The smallest absolute Gasteiger partial charge is 0.274 e. The fourth-order valence-corrected chi connectivity index (χ4v) is 3.87.